The third-order valence-corrected chi connectivity index (χ3v) is 4.04. The van der Waals surface area contributed by atoms with E-state index in [2.05, 4.69) is 14.7 Å². The van der Waals surface area contributed by atoms with Gasteiger partial charge in [-0.25, -0.2) is 18.1 Å². The minimum atomic E-state index is -3.67. The van der Waals surface area contributed by atoms with Gasteiger partial charge in [-0.2, -0.15) is 0 Å². The minimum absolute atomic E-state index is 0.0271. The number of anilines is 1. The van der Waals surface area contributed by atoms with Crippen molar-refractivity contribution in [3.63, 3.8) is 0 Å². The minimum Gasteiger partial charge on any atom is -0.382 e. The average Bonchev–Trinajstić information content (AvgIpc) is 2.41. The summed E-state index contributed by atoms with van der Waals surface area (Å²) < 4.78 is 26.4. The van der Waals surface area contributed by atoms with Gasteiger partial charge in [0.05, 0.1) is 5.02 Å². The van der Waals surface area contributed by atoms with E-state index >= 15 is 0 Å². The van der Waals surface area contributed by atoms with E-state index < -0.39 is 10.0 Å². The van der Waals surface area contributed by atoms with Crippen LogP contribution < -0.4 is 10.5 Å². The van der Waals surface area contributed by atoms with Crippen LogP contribution >= 0.6 is 11.6 Å². The van der Waals surface area contributed by atoms with Crippen LogP contribution in [0.25, 0.3) is 0 Å². The van der Waals surface area contributed by atoms with Crippen molar-refractivity contribution < 1.29 is 8.42 Å². The van der Waals surface area contributed by atoms with Gasteiger partial charge in [-0.1, -0.05) is 11.6 Å². The van der Waals surface area contributed by atoms with E-state index in [-0.39, 0.29) is 22.3 Å². The topological polar surface area (TPSA) is 98.0 Å². The molecule has 0 bridgehead atoms. The summed E-state index contributed by atoms with van der Waals surface area (Å²) in [5.41, 5.74) is 6.23. The Morgan fingerprint density at radius 1 is 1.32 bits per heavy atom. The molecule has 100 valence electrons. The lowest BCUT2D eigenvalue weighted by Gasteiger charge is -2.07. The van der Waals surface area contributed by atoms with Crippen molar-refractivity contribution in [3.05, 3.63) is 47.4 Å². The Balaban J connectivity index is 2.16. The first-order valence-corrected chi connectivity index (χ1v) is 7.15. The summed E-state index contributed by atoms with van der Waals surface area (Å²) in [6.45, 7) is 0.160. The highest BCUT2D eigenvalue weighted by Gasteiger charge is 2.15. The number of hydrogen-bond acceptors (Lipinski definition) is 5. The molecular formula is C11H11ClN4O2S. The molecule has 0 radical (unpaired) electrons. The summed E-state index contributed by atoms with van der Waals surface area (Å²) in [5.74, 6) is 0.0924. The van der Waals surface area contributed by atoms with Crippen molar-refractivity contribution in [2.45, 2.75) is 11.4 Å². The van der Waals surface area contributed by atoms with Crippen LogP contribution in [0.2, 0.25) is 5.02 Å². The van der Waals surface area contributed by atoms with E-state index in [0.29, 0.717) is 0 Å². The molecule has 0 saturated carbocycles. The Kier molecular flexibility index (Phi) is 3.98. The third-order valence-electron chi connectivity index (χ3n) is 2.37. The largest absolute Gasteiger partial charge is 0.382 e. The molecule has 0 aliphatic rings. The first-order valence-electron chi connectivity index (χ1n) is 5.28. The van der Waals surface area contributed by atoms with Crippen LogP contribution in [-0.4, -0.2) is 18.4 Å². The Bertz CT molecular complexity index is 676. The van der Waals surface area contributed by atoms with Crippen molar-refractivity contribution in [2.75, 3.05) is 5.73 Å². The monoisotopic (exact) mass is 298 g/mol. The van der Waals surface area contributed by atoms with Crippen molar-refractivity contribution in [2.24, 2.45) is 0 Å². The van der Waals surface area contributed by atoms with Gasteiger partial charge in [0.2, 0.25) is 10.0 Å². The van der Waals surface area contributed by atoms with E-state index in [4.69, 9.17) is 17.3 Å². The van der Waals surface area contributed by atoms with Gasteiger partial charge >= 0.3 is 0 Å². The molecule has 8 heteroatoms. The predicted molar refractivity (Wildman–Crippen MR) is 71.9 cm³/mol. The predicted octanol–water partition coefficient (Wildman–Crippen LogP) is 1.19. The molecule has 2 heterocycles. The zero-order valence-electron chi connectivity index (χ0n) is 9.75. The Morgan fingerprint density at radius 2 is 2.00 bits per heavy atom. The number of rotatable bonds is 4. The number of nitrogens with one attached hydrogen (secondary N) is 1. The van der Waals surface area contributed by atoms with Crippen LogP contribution in [-0.2, 0) is 16.6 Å². The summed E-state index contributed by atoms with van der Waals surface area (Å²) >= 11 is 5.75. The molecule has 0 aliphatic heterocycles. The SMILES string of the molecule is Nc1ncc(S(=O)(=O)NCc2ccncc2)cc1Cl. The third kappa shape index (κ3) is 3.40. The summed E-state index contributed by atoms with van der Waals surface area (Å²) in [7, 11) is -3.67. The van der Waals surface area contributed by atoms with Gasteiger partial charge in [-0.3, -0.25) is 4.98 Å². The molecule has 19 heavy (non-hydrogen) atoms. The fourth-order valence-electron chi connectivity index (χ4n) is 1.34. The molecule has 2 aromatic heterocycles. The van der Waals surface area contributed by atoms with Gasteiger partial charge in [-0.05, 0) is 23.8 Å². The number of sulfonamides is 1. The smallest absolute Gasteiger partial charge is 0.242 e. The molecule has 2 aromatic rings. The maximum atomic E-state index is 12.0. The molecule has 0 amide bonds. The van der Waals surface area contributed by atoms with Gasteiger partial charge < -0.3 is 5.73 Å². The number of nitrogen functional groups attached to an aromatic ring is 1. The number of halogens is 1. The molecular weight excluding hydrogens is 288 g/mol. The Labute approximate surface area is 115 Å². The number of aromatic nitrogens is 2. The van der Waals surface area contributed by atoms with Crippen LogP contribution in [0.15, 0.2) is 41.7 Å². The second-order valence-corrected chi connectivity index (χ2v) is 5.89. The standard InChI is InChI=1S/C11H11ClN4O2S/c12-10-5-9(7-15-11(10)13)19(17,18)16-6-8-1-3-14-4-2-8/h1-5,7,16H,6H2,(H2,13,15). The molecule has 6 nitrogen and oxygen atoms in total. The van der Waals surface area contributed by atoms with E-state index in [9.17, 15) is 8.42 Å². The second-order valence-electron chi connectivity index (χ2n) is 3.72. The van der Waals surface area contributed by atoms with Gasteiger partial charge in [0.25, 0.3) is 0 Å². The number of hydrogen-bond donors (Lipinski definition) is 2. The van der Waals surface area contributed by atoms with Crippen LogP contribution in [0.3, 0.4) is 0 Å². The number of nitrogens with zero attached hydrogens (tertiary/aromatic N) is 2. The van der Waals surface area contributed by atoms with E-state index in [1.165, 1.54) is 6.07 Å². The molecule has 0 spiro atoms. The molecule has 0 atom stereocenters. The highest BCUT2D eigenvalue weighted by atomic mass is 35.5. The van der Waals surface area contributed by atoms with Crippen molar-refractivity contribution >= 4 is 27.4 Å². The van der Waals surface area contributed by atoms with Crippen molar-refractivity contribution in [3.8, 4) is 0 Å². The molecule has 0 unspecified atom stereocenters. The summed E-state index contributed by atoms with van der Waals surface area (Å²) in [6.07, 6.45) is 4.34. The number of pyridine rings is 2. The normalized spacial score (nSPS) is 11.4. The van der Waals surface area contributed by atoms with Crippen LogP contribution in [0, 0.1) is 0 Å². The molecule has 0 saturated heterocycles. The van der Waals surface area contributed by atoms with E-state index in [1.54, 1.807) is 24.5 Å². The first-order chi connectivity index (χ1) is 8.99. The summed E-state index contributed by atoms with van der Waals surface area (Å²) in [6, 6.07) is 4.70. The molecule has 3 N–H and O–H groups in total. The fourth-order valence-corrected chi connectivity index (χ4v) is 2.56. The lowest BCUT2D eigenvalue weighted by atomic mass is 10.3. The van der Waals surface area contributed by atoms with Crippen LogP contribution in [0.1, 0.15) is 5.56 Å². The Morgan fingerprint density at radius 3 is 2.63 bits per heavy atom. The fraction of sp³-hybridized carbons (Fsp3) is 0.0909. The maximum absolute atomic E-state index is 12.0. The van der Waals surface area contributed by atoms with E-state index in [1.807, 2.05) is 0 Å². The molecule has 0 aliphatic carbocycles. The quantitative estimate of drug-likeness (QED) is 0.883. The van der Waals surface area contributed by atoms with Gasteiger partial charge in [-0.15, -0.1) is 0 Å². The zero-order chi connectivity index (χ0) is 13.9. The summed E-state index contributed by atoms with van der Waals surface area (Å²) in [5, 5.41) is 0.104. The maximum Gasteiger partial charge on any atom is 0.242 e. The van der Waals surface area contributed by atoms with Crippen LogP contribution in [0.5, 0.6) is 0 Å². The molecule has 0 aromatic carbocycles. The first kappa shape index (κ1) is 13.7. The summed E-state index contributed by atoms with van der Waals surface area (Å²) in [4.78, 5) is 7.54. The van der Waals surface area contributed by atoms with E-state index in [0.717, 1.165) is 11.8 Å². The highest BCUT2D eigenvalue weighted by molar-refractivity contribution is 7.89. The van der Waals surface area contributed by atoms with Gasteiger partial charge in [0, 0.05) is 25.1 Å². The van der Waals surface area contributed by atoms with Gasteiger partial charge in [0.15, 0.2) is 0 Å². The number of nitrogens with two attached hydrogens (primary N) is 1. The molecule has 2 rings (SSSR count). The Hall–Kier alpha value is -1.70. The van der Waals surface area contributed by atoms with Crippen molar-refractivity contribution in [1.82, 2.24) is 14.7 Å². The van der Waals surface area contributed by atoms with Crippen molar-refractivity contribution in [1.29, 1.82) is 0 Å². The lowest BCUT2D eigenvalue weighted by Crippen LogP contribution is -2.23. The second kappa shape index (κ2) is 5.52. The van der Waals surface area contributed by atoms with Gasteiger partial charge in [0.1, 0.15) is 10.7 Å². The zero-order valence-corrected chi connectivity index (χ0v) is 11.3. The highest BCUT2D eigenvalue weighted by Crippen LogP contribution is 2.19. The molecule has 0 fully saturated rings. The van der Waals surface area contributed by atoms with Crippen LogP contribution in [0.4, 0.5) is 5.82 Å². The lowest BCUT2D eigenvalue weighted by molar-refractivity contribution is 0.581. The average molecular weight is 299 g/mol.